The first-order chi connectivity index (χ1) is 14.3. The normalized spacial score (nSPS) is 10.0. The first-order valence-electron chi connectivity index (χ1n) is 8.95. The number of esters is 2. The lowest BCUT2D eigenvalue weighted by Crippen LogP contribution is -2.16. The molecule has 0 bridgehead atoms. The fourth-order valence-electron chi connectivity index (χ4n) is 2.60. The van der Waals surface area contributed by atoms with Gasteiger partial charge in [-0.1, -0.05) is 0 Å². The molecule has 0 unspecified atom stereocenters. The van der Waals surface area contributed by atoms with Crippen molar-refractivity contribution in [3.05, 3.63) is 41.5 Å². The largest absolute Gasteiger partial charge is 0.493 e. The Hall–Kier alpha value is -3.75. The number of ether oxygens (including phenoxy) is 5. The lowest BCUT2D eigenvalue weighted by molar-refractivity contribution is -0.132. The summed E-state index contributed by atoms with van der Waals surface area (Å²) < 4.78 is 25.8. The molecular formula is C21H23NO8. The van der Waals surface area contributed by atoms with Crippen LogP contribution in [0.15, 0.2) is 30.3 Å². The molecular weight excluding hydrogens is 394 g/mol. The summed E-state index contributed by atoms with van der Waals surface area (Å²) in [7, 11) is 4.26. The second-order valence-corrected chi connectivity index (χ2v) is 5.89. The van der Waals surface area contributed by atoms with E-state index >= 15 is 0 Å². The zero-order chi connectivity index (χ0) is 22.3. The zero-order valence-electron chi connectivity index (χ0n) is 17.4. The lowest BCUT2D eigenvalue weighted by Gasteiger charge is -2.15. The van der Waals surface area contributed by atoms with E-state index in [0.29, 0.717) is 11.5 Å². The number of nitrogens with one attached hydrogen (secondary N) is 1. The molecule has 0 fully saturated rings. The van der Waals surface area contributed by atoms with Crippen molar-refractivity contribution >= 4 is 23.5 Å². The smallest absolute Gasteiger partial charge is 0.340 e. The summed E-state index contributed by atoms with van der Waals surface area (Å²) in [5.41, 5.74) is 0.498. The number of hydrogen-bond donors (Lipinski definition) is 1. The van der Waals surface area contributed by atoms with E-state index < -0.39 is 17.8 Å². The number of hydrogen-bond acceptors (Lipinski definition) is 8. The minimum Gasteiger partial charge on any atom is -0.493 e. The van der Waals surface area contributed by atoms with E-state index in [1.54, 1.807) is 6.92 Å². The van der Waals surface area contributed by atoms with Crippen molar-refractivity contribution < 1.29 is 38.1 Å². The van der Waals surface area contributed by atoms with E-state index in [2.05, 4.69) is 5.32 Å². The van der Waals surface area contributed by atoms with Gasteiger partial charge in [0.25, 0.3) is 5.91 Å². The third-order valence-electron chi connectivity index (χ3n) is 3.95. The Morgan fingerprint density at radius 2 is 1.47 bits per heavy atom. The third-order valence-corrected chi connectivity index (χ3v) is 3.95. The topological polar surface area (TPSA) is 109 Å². The molecule has 0 radical (unpaired) electrons. The zero-order valence-corrected chi connectivity index (χ0v) is 17.4. The van der Waals surface area contributed by atoms with Crippen LogP contribution in [-0.2, 0) is 9.53 Å². The number of amides is 1. The van der Waals surface area contributed by atoms with Crippen LogP contribution in [0.3, 0.4) is 0 Å². The molecule has 30 heavy (non-hydrogen) atoms. The van der Waals surface area contributed by atoms with Crippen LogP contribution >= 0.6 is 0 Å². The molecule has 9 nitrogen and oxygen atoms in total. The molecule has 2 aromatic rings. The summed E-state index contributed by atoms with van der Waals surface area (Å²) in [6, 6.07) is 7.21. The fourth-order valence-corrected chi connectivity index (χ4v) is 2.60. The number of carbonyl (C=O) groups excluding carboxylic acids is 3. The van der Waals surface area contributed by atoms with Crippen LogP contribution in [0, 0.1) is 0 Å². The molecule has 0 aromatic heterocycles. The Labute approximate surface area is 173 Å². The summed E-state index contributed by atoms with van der Waals surface area (Å²) in [5, 5.41) is 2.67. The molecule has 0 aliphatic rings. The summed E-state index contributed by atoms with van der Waals surface area (Å²) in [4.78, 5) is 36.4. The van der Waals surface area contributed by atoms with Gasteiger partial charge in [0.2, 0.25) is 0 Å². The SMILES string of the molecule is CCOC(=O)c1cc(OC)c(OC)cc1NC(=O)c1ccc(OC(C)=O)c(OC)c1. The van der Waals surface area contributed by atoms with Crippen LogP contribution in [0.4, 0.5) is 5.69 Å². The van der Waals surface area contributed by atoms with Crippen molar-refractivity contribution in [3.8, 4) is 23.0 Å². The second kappa shape index (κ2) is 10.1. The number of anilines is 1. The van der Waals surface area contributed by atoms with E-state index in [1.165, 1.54) is 58.6 Å². The minimum atomic E-state index is -0.628. The molecule has 1 amide bonds. The van der Waals surface area contributed by atoms with Gasteiger partial charge in [0.15, 0.2) is 23.0 Å². The molecule has 2 rings (SSSR count). The highest BCUT2D eigenvalue weighted by molar-refractivity contribution is 6.08. The number of methoxy groups -OCH3 is 3. The maximum Gasteiger partial charge on any atom is 0.340 e. The number of carbonyl (C=O) groups is 3. The molecule has 0 aliphatic heterocycles. The Morgan fingerprint density at radius 3 is 2.03 bits per heavy atom. The summed E-state index contributed by atoms with van der Waals surface area (Å²) >= 11 is 0. The maximum atomic E-state index is 12.8. The van der Waals surface area contributed by atoms with Crippen molar-refractivity contribution in [1.29, 1.82) is 0 Å². The monoisotopic (exact) mass is 417 g/mol. The average molecular weight is 417 g/mol. The van der Waals surface area contributed by atoms with Gasteiger partial charge in [-0.2, -0.15) is 0 Å². The van der Waals surface area contributed by atoms with E-state index in [0.717, 1.165) is 0 Å². The number of rotatable bonds is 8. The van der Waals surface area contributed by atoms with E-state index in [9.17, 15) is 14.4 Å². The van der Waals surface area contributed by atoms with E-state index in [-0.39, 0.29) is 34.9 Å². The molecule has 0 heterocycles. The van der Waals surface area contributed by atoms with Crippen LogP contribution in [0.2, 0.25) is 0 Å². The Morgan fingerprint density at radius 1 is 0.867 bits per heavy atom. The summed E-state index contributed by atoms with van der Waals surface area (Å²) in [5.74, 6) is -0.655. The van der Waals surface area contributed by atoms with Crippen LogP contribution in [0.5, 0.6) is 23.0 Å². The molecule has 9 heteroatoms. The van der Waals surface area contributed by atoms with Gasteiger partial charge >= 0.3 is 11.9 Å². The summed E-state index contributed by atoms with van der Waals surface area (Å²) in [6.07, 6.45) is 0. The lowest BCUT2D eigenvalue weighted by atomic mass is 10.1. The highest BCUT2D eigenvalue weighted by Gasteiger charge is 2.21. The standard InChI is InChI=1S/C21H23NO8/c1-6-29-21(25)14-10-18(27-4)19(28-5)11-15(14)22-20(24)13-7-8-16(30-12(2)23)17(9-13)26-3/h7-11H,6H2,1-5H3,(H,22,24). The van der Waals surface area contributed by atoms with Gasteiger partial charge in [-0.05, 0) is 25.1 Å². The maximum absolute atomic E-state index is 12.8. The quantitative estimate of drug-likeness (QED) is 0.516. The molecule has 2 aromatic carbocycles. The van der Waals surface area contributed by atoms with E-state index in [1.807, 2.05) is 0 Å². The van der Waals surface area contributed by atoms with Gasteiger partial charge < -0.3 is 29.0 Å². The Bertz CT molecular complexity index is 954. The van der Waals surface area contributed by atoms with Gasteiger partial charge in [0.05, 0.1) is 39.2 Å². The minimum absolute atomic E-state index is 0.103. The highest BCUT2D eigenvalue weighted by atomic mass is 16.6. The highest BCUT2D eigenvalue weighted by Crippen LogP contribution is 2.34. The van der Waals surface area contributed by atoms with Crippen LogP contribution < -0.4 is 24.3 Å². The van der Waals surface area contributed by atoms with Crippen LogP contribution in [-0.4, -0.2) is 45.8 Å². The predicted molar refractivity (Wildman–Crippen MR) is 108 cm³/mol. The van der Waals surface area contributed by atoms with Crippen LogP contribution in [0.25, 0.3) is 0 Å². The molecule has 160 valence electrons. The van der Waals surface area contributed by atoms with Gasteiger partial charge in [-0.25, -0.2) is 4.79 Å². The van der Waals surface area contributed by atoms with Gasteiger partial charge in [-0.3, -0.25) is 9.59 Å². The van der Waals surface area contributed by atoms with Crippen molar-refractivity contribution in [2.24, 2.45) is 0 Å². The van der Waals surface area contributed by atoms with Crippen molar-refractivity contribution in [1.82, 2.24) is 0 Å². The third kappa shape index (κ3) is 5.19. The molecule has 0 spiro atoms. The predicted octanol–water partition coefficient (Wildman–Crippen LogP) is 3.07. The van der Waals surface area contributed by atoms with Gasteiger partial charge in [0.1, 0.15) is 0 Å². The van der Waals surface area contributed by atoms with Crippen molar-refractivity contribution in [2.75, 3.05) is 33.3 Å². The van der Waals surface area contributed by atoms with Crippen LogP contribution in [0.1, 0.15) is 34.6 Å². The summed E-state index contributed by atoms with van der Waals surface area (Å²) in [6.45, 7) is 3.09. The van der Waals surface area contributed by atoms with Crippen molar-refractivity contribution in [2.45, 2.75) is 13.8 Å². The molecule has 0 saturated heterocycles. The Balaban J connectivity index is 2.41. The molecule has 0 atom stereocenters. The average Bonchev–Trinajstić information content (AvgIpc) is 2.73. The molecule has 0 aliphatic carbocycles. The van der Waals surface area contributed by atoms with Crippen molar-refractivity contribution in [3.63, 3.8) is 0 Å². The first-order valence-corrected chi connectivity index (χ1v) is 8.95. The number of benzene rings is 2. The Kier molecular flexibility index (Phi) is 7.62. The van der Waals surface area contributed by atoms with E-state index in [4.69, 9.17) is 23.7 Å². The first kappa shape index (κ1) is 22.5. The molecule has 0 saturated carbocycles. The molecule has 1 N–H and O–H groups in total. The second-order valence-electron chi connectivity index (χ2n) is 5.89. The fraction of sp³-hybridized carbons (Fsp3) is 0.286. The van der Waals surface area contributed by atoms with Gasteiger partial charge in [0, 0.05) is 24.6 Å². The van der Waals surface area contributed by atoms with Gasteiger partial charge in [-0.15, -0.1) is 0 Å².